The van der Waals surface area contributed by atoms with Gasteiger partial charge in [0.1, 0.15) is 0 Å². The van der Waals surface area contributed by atoms with Crippen molar-refractivity contribution in [1.29, 1.82) is 0 Å². The van der Waals surface area contributed by atoms with Crippen LogP contribution in [-0.4, -0.2) is 71.7 Å². The normalized spacial score (nSPS) is 14.6. The Morgan fingerprint density at radius 1 is 1.12 bits per heavy atom. The van der Waals surface area contributed by atoms with Gasteiger partial charge >= 0.3 is 0 Å². The third-order valence-electron chi connectivity index (χ3n) is 4.67. The van der Waals surface area contributed by atoms with Crippen molar-refractivity contribution < 1.29 is 18.8 Å². The summed E-state index contributed by atoms with van der Waals surface area (Å²) >= 11 is 0. The van der Waals surface area contributed by atoms with Crippen molar-refractivity contribution >= 4 is 17.7 Å². The summed E-state index contributed by atoms with van der Waals surface area (Å²) in [5, 5.41) is 0. The summed E-state index contributed by atoms with van der Waals surface area (Å²) in [6.07, 6.45) is 2.73. The monoisotopic (exact) mass is 363 g/mol. The molecule has 0 atom stereocenters. The molecule has 3 amide bonds. The third kappa shape index (κ3) is 5.61. The van der Waals surface area contributed by atoms with Crippen LogP contribution < -0.4 is 0 Å². The zero-order chi connectivity index (χ0) is 19.1. The van der Waals surface area contributed by atoms with Crippen LogP contribution in [0.15, 0.2) is 22.8 Å². The first kappa shape index (κ1) is 20.0. The van der Waals surface area contributed by atoms with Crippen LogP contribution in [0.5, 0.6) is 0 Å². The van der Waals surface area contributed by atoms with E-state index in [4.69, 9.17) is 4.42 Å². The first-order valence-electron chi connectivity index (χ1n) is 9.24. The van der Waals surface area contributed by atoms with Gasteiger partial charge in [-0.2, -0.15) is 0 Å². The quantitative estimate of drug-likeness (QED) is 0.741. The Bertz CT molecular complexity index is 604. The summed E-state index contributed by atoms with van der Waals surface area (Å²) < 4.78 is 5.14. The molecule has 1 fully saturated rings. The molecule has 0 spiro atoms. The van der Waals surface area contributed by atoms with Crippen LogP contribution in [0.25, 0.3) is 0 Å². The number of hydrogen-bond donors (Lipinski definition) is 0. The molecule has 7 heteroatoms. The van der Waals surface area contributed by atoms with Crippen molar-refractivity contribution in [2.45, 2.75) is 33.6 Å². The van der Waals surface area contributed by atoms with Crippen LogP contribution >= 0.6 is 0 Å². The van der Waals surface area contributed by atoms with Crippen molar-refractivity contribution in [3.05, 3.63) is 24.2 Å². The van der Waals surface area contributed by atoms with Gasteiger partial charge in [-0.25, -0.2) is 0 Å². The summed E-state index contributed by atoms with van der Waals surface area (Å²) in [6.45, 7) is 8.93. The van der Waals surface area contributed by atoms with E-state index in [9.17, 15) is 14.4 Å². The van der Waals surface area contributed by atoms with Crippen molar-refractivity contribution in [1.82, 2.24) is 14.7 Å². The fraction of sp³-hybridized carbons (Fsp3) is 0.632. The Kier molecular flexibility index (Phi) is 7.24. The summed E-state index contributed by atoms with van der Waals surface area (Å²) in [5.74, 6) is 0.746. The minimum absolute atomic E-state index is 0.00677. The van der Waals surface area contributed by atoms with Gasteiger partial charge in [0.2, 0.25) is 11.8 Å². The molecule has 0 N–H and O–H groups in total. The molecule has 1 aromatic rings. The molecule has 0 aromatic carbocycles. The third-order valence-corrected chi connectivity index (χ3v) is 4.67. The number of hydrogen-bond acceptors (Lipinski definition) is 4. The van der Waals surface area contributed by atoms with Gasteiger partial charge < -0.3 is 19.1 Å². The number of rotatable bonds is 7. The minimum Gasteiger partial charge on any atom is -0.459 e. The van der Waals surface area contributed by atoms with Crippen LogP contribution in [0.2, 0.25) is 0 Å². The highest BCUT2D eigenvalue weighted by Crippen LogP contribution is 2.11. The van der Waals surface area contributed by atoms with E-state index >= 15 is 0 Å². The van der Waals surface area contributed by atoms with E-state index in [1.165, 1.54) is 6.26 Å². The highest BCUT2D eigenvalue weighted by atomic mass is 16.3. The molecule has 7 nitrogen and oxygen atoms in total. The number of nitrogens with zero attached hydrogens (tertiary/aromatic N) is 3. The molecular weight excluding hydrogens is 334 g/mol. The lowest BCUT2D eigenvalue weighted by atomic mass is 10.1. The summed E-state index contributed by atoms with van der Waals surface area (Å²) in [7, 11) is 0. The second kappa shape index (κ2) is 9.40. The first-order valence-corrected chi connectivity index (χ1v) is 9.24. The molecule has 0 saturated carbocycles. The van der Waals surface area contributed by atoms with Gasteiger partial charge in [-0.15, -0.1) is 0 Å². The minimum atomic E-state index is -0.140. The van der Waals surface area contributed by atoms with Crippen LogP contribution in [0.1, 0.15) is 44.2 Å². The lowest BCUT2D eigenvalue weighted by Gasteiger charge is -2.34. The van der Waals surface area contributed by atoms with E-state index in [1.807, 2.05) is 0 Å². The van der Waals surface area contributed by atoms with Gasteiger partial charge in [-0.3, -0.25) is 14.4 Å². The topological polar surface area (TPSA) is 74.1 Å². The Morgan fingerprint density at radius 3 is 2.31 bits per heavy atom. The molecule has 2 heterocycles. The molecule has 1 aliphatic heterocycles. The Labute approximate surface area is 154 Å². The van der Waals surface area contributed by atoms with Crippen molar-refractivity contribution in [2.24, 2.45) is 5.92 Å². The number of furan rings is 1. The molecule has 0 bridgehead atoms. The second-order valence-electron chi connectivity index (χ2n) is 7.09. The Morgan fingerprint density at radius 2 is 1.77 bits per heavy atom. The molecule has 0 unspecified atom stereocenters. The van der Waals surface area contributed by atoms with Crippen molar-refractivity contribution in [3.8, 4) is 0 Å². The van der Waals surface area contributed by atoms with Crippen LogP contribution in [0, 0.1) is 5.92 Å². The van der Waals surface area contributed by atoms with E-state index in [0.717, 1.165) is 6.42 Å². The van der Waals surface area contributed by atoms with Crippen LogP contribution in [0.4, 0.5) is 0 Å². The molecule has 1 saturated heterocycles. The maximum Gasteiger partial charge on any atom is 0.289 e. The molecule has 26 heavy (non-hydrogen) atoms. The smallest absolute Gasteiger partial charge is 0.289 e. The number of piperazine rings is 1. The average molecular weight is 363 g/mol. The standard InChI is InChI=1S/C19H29N3O4/c1-15(2)6-8-20(16(3)23)9-7-18(24)21-10-12-22(13-11-21)19(25)17-5-4-14-26-17/h4-5,14-15H,6-13H2,1-3H3. The maximum absolute atomic E-state index is 12.4. The summed E-state index contributed by atoms with van der Waals surface area (Å²) in [6, 6.07) is 3.33. The largest absolute Gasteiger partial charge is 0.459 e. The van der Waals surface area contributed by atoms with E-state index in [2.05, 4.69) is 13.8 Å². The highest BCUT2D eigenvalue weighted by Gasteiger charge is 2.26. The predicted molar refractivity (Wildman–Crippen MR) is 97.5 cm³/mol. The zero-order valence-corrected chi connectivity index (χ0v) is 15.9. The van der Waals surface area contributed by atoms with Gasteiger partial charge in [-0.1, -0.05) is 13.8 Å². The predicted octanol–water partition coefficient (Wildman–Crippen LogP) is 1.85. The lowest BCUT2D eigenvalue weighted by Crippen LogP contribution is -2.51. The molecule has 1 aromatic heterocycles. The Balaban J connectivity index is 1.77. The number of carbonyl (C=O) groups is 3. The fourth-order valence-corrected chi connectivity index (χ4v) is 2.94. The van der Waals surface area contributed by atoms with Crippen molar-refractivity contribution in [3.63, 3.8) is 0 Å². The summed E-state index contributed by atoms with van der Waals surface area (Å²) in [5.41, 5.74) is 0. The van der Waals surface area contributed by atoms with Crippen molar-refractivity contribution in [2.75, 3.05) is 39.3 Å². The van der Waals surface area contributed by atoms with Gasteiger partial charge in [0.05, 0.1) is 6.26 Å². The van der Waals surface area contributed by atoms with E-state index in [-0.39, 0.29) is 17.7 Å². The van der Waals surface area contributed by atoms with Gasteiger partial charge in [0.15, 0.2) is 5.76 Å². The molecule has 1 aliphatic rings. The van der Waals surface area contributed by atoms with Gasteiger partial charge in [-0.05, 0) is 24.5 Å². The summed E-state index contributed by atoms with van der Waals surface area (Å²) in [4.78, 5) is 41.6. The van der Waals surface area contributed by atoms with E-state index < -0.39 is 0 Å². The number of carbonyl (C=O) groups excluding carboxylic acids is 3. The second-order valence-corrected chi connectivity index (χ2v) is 7.09. The molecular formula is C19H29N3O4. The lowest BCUT2D eigenvalue weighted by molar-refractivity contribution is -0.134. The average Bonchev–Trinajstić information content (AvgIpc) is 3.15. The molecule has 2 rings (SSSR count). The maximum atomic E-state index is 12.4. The molecule has 0 aliphatic carbocycles. The fourth-order valence-electron chi connectivity index (χ4n) is 2.94. The zero-order valence-electron chi connectivity index (χ0n) is 15.9. The van der Waals surface area contributed by atoms with Crippen LogP contribution in [-0.2, 0) is 9.59 Å². The highest BCUT2D eigenvalue weighted by molar-refractivity contribution is 5.91. The first-order chi connectivity index (χ1) is 12.4. The SMILES string of the molecule is CC(=O)N(CCC(=O)N1CCN(C(=O)c2ccco2)CC1)CCC(C)C. The number of amides is 3. The Hall–Kier alpha value is -2.31. The van der Waals surface area contributed by atoms with E-state index in [0.29, 0.717) is 57.4 Å². The molecule has 0 radical (unpaired) electrons. The molecule has 144 valence electrons. The van der Waals surface area contributed by atoms with Gasteiger partial charge in [0, 0.05) is 52.6 Å². The van der Waals surface area contributed by atoms with Crippen LogP contribution in [0.3, 0.4) is 0 Å². The van der Waals surface area contributed by atoms with E-state index in [1.54, 1.807) is 33.8 Å². The van der Waals surface area contributed by atoms with Gasteiger partial charge in [0.25, 0.3) is 5.91 Å².